The highest BCUT2D eigenvalue weighted by molar-refractivity contribution is 7.89. The molecule has 0 saturated carbocycles. The van der Waals surface area contributed by atoms with Crippen LogP contribution in [0.3, 0.4) is 0 Å². The predicted octanol–water partition coefficient (Wildman–Crippen LogP) is 1.69. The Labute approximate surface area is 171 Å². The van der Waals surface area contributed by atoms with Crippen LogP contribution in [0, 0.1) is 6.92 Å². The van der Waals surface area contributed by atoms with Crippen LogP contribution in [0.4, 0.5) is 17.5 Å². The molecule has 0 atom stereocenters. The minimum atomic E-state index is -3.59. The molecule has 9 nitrogen and oxygen atoms in total. The highest BCUT2D eigenvalue weighted by Crippen LogP contribution is 2.22. The molecule has 1 saturated heterocycles. The van der Waals surface area contributed by atoms with Gasteiger partial charge in [0.25, 0.3) is 0 Å². The van der Waals surface area contributed by atoms with Crippen LogP contribution >= 0.6 is 0 Å². The number of benzene rings is 1. The number of nitrogens with zero attached hydrogens (tertiary/aromatic N) is 4. The molecule has 0 bridgehead atoms. The van der Waals surface area contributed by atoms with E-state index in [9.17, 15) is 13.2 Å². The lowest BCUT2D eigenvalue weighted by atomic mass is 10.3. The topological polar surface area (TPSA) is 108 Å². The molecule has 2 N–H and O–H groups in total. The first-order valence-corrected chi connectivity index (χ1v) is 11.0. The summed E-state index contributed by atoms with van der Waals surface area (Å²) in [6.07, 6.45) is 0. The fourth-order valence-electron chi connectivity index (χ4n) is 3.17. The summed E-state index contributed by atoms with van der Waals surface area (Å²) >= 11 is 0. The maximum atomic E-state index is 12.9. The van der Waals surface area contributed by atoms with Crippen molar-refractivity contribution in [1.29, 1.82) is 0 Å². The lowest BCUT2D eigenvalue weighted by Crippen LogP contribution is -2.49. The van der Waals surface area contributed by atoms with Gasteiger partial charge >= 0.3 is 0 Å². The molecule has 29 heavy (non-hydrogen) atoms. The fourth-order valence-corrected chi connectivity index (χ4v) is 4.59. The molecule has 0 radical (unpaired) electrons. The highest BCUT2D eigenvalue weighted by Gasteiger charge is 2.29. The number of hydrogen-bond acceptors (Lipinski definition) is 7. The molecule has 0 spiro atoms. The van der Waals surface area contributed by atoms with E-state index in [0.29, 0.717) is 37.8 Å². The van der Waals surface area contributed by atoms with Crippen molar-refractivity contribution in [2.75, 3.05) is 48.3 Å². The van der Waals surface area contributed by atoms with Gasteiger partial charge in [-0.05, 0) is 38.1 Å². The largest absolute Gasteiger partial charge is 0.354 e. The van der Waals surface area contributed by atoms with Gasteiger partial charge in [0.2, 0.25) is 21.9 Å². The average molecular weight is 419 g/mol. The van der Waals surface area contributed by atoms with Crippen LogP contribution in [0.15, 0.2) is 35.2 Å². The Morgan fingerprint density at radius 2 is 1.76 bits per heavy atom. The molecule has 0 aliphatic carbocycles. The van der Waals surface area contributed by atoms with Gasteiger partial charge in [-0.15, -0.1) is 0 Å². The number of rotatable bonds is 6. The summed E-state index contributed by atoms with van der Waals surface area (Å²) in [4.78, 5) is 22.3. The van der Waals surface area contributed by atoms with Gasteiger partial charge in [-0.1, -0.05) is 0 Å². The minimum Gasteiger partial charge on any atom is -0.354 e. The molecule has 10 heteroatoms. The summed E-state index contributed by atoms with van der Waals surface area (Å²) in [5.74, 6) is 1.18. The molecule has 1 aromatic carbocycles. The molecule has 3 rings (SSSR count). The number of anilines is 3. The van der Waals surface area contributed by atoms with Gasteiger partial charge < -0.3 is 15.5 Å². The third kappa shape index (κ3) is 5.01. The van der Waals surface area contributed by atoms with E-state index in [1.807, 2.05) is 19.9 Å². The van der Waals surface area contributed by atoms with E-state index >= 15 is 0 Å². The molecule has 1 amide bonds. The van der Waals surface area contributed by atoms with E-state index in [2.05, 4.69) is 25.5 Å². The molecule has 2 aromatic rings. The lowest BCUT2D eigenvalue weighted by Gasteiger charge is -2.34. The molecular weight excluding hydrogens is 392 g/mol. The first-order valence-electron chi connectivity index (χ1n) is 9.52. The smallest absolute Gasteiger partial charge is 0.243 e. The molecule has 156 valence electrons. The van der Waals surface area contributed by atoms with Crippen LogP contribution < -0.4 is 15.5 Å². The molecule has 1 aromatic heterocycles. The van der Waals surface area contributed by atoms with Crippen molar-refractivity contribution in [2.45, 2.75) is 25.7 Å². The maximum absolute atomic E-state index is 12.9. The van der Waals surface area contributed by atoms with Gasteiger partial charge in [0.05, 0.1) is 4.90 Å². The standard InChI is InChI=1S/C19H26N6O3S/c1-4-20-19-21-14(2)13-18(23-19)24-9-11-25(12-10-24)29(27,28)17-7-5-16(6-8-17)22-15(3)26/h5-8,13H,4,9-12H2,1-3H3,(H,22,26)(H,20,21,23). The Bertz CT molecular complexity index is 970. The van der Waals surface area contributed by atoms with E-state index in [1.165, 1.54) is 23.4 Å². The van der Waals surface area contributed by atoms with E-state index in [0.717, 1.165) is 18.1 Å². The van der Waals surface area contributed by atoms with Crippen molar-refractivity contribution in [1.82, 2.24) is 14.3 Å². The first-order chi connectivity index (χ1) is 13.8. The lowest BCUT2D eigenvalue weighted by molar-refractivity contribution is -0.114. The molecule has 1 aliphatic heterocycles. The number of nitrogens with one attached hydrogen (secondary N) is 2. The first kappa shape index (κ1) is 21.0. The van der Waals surface area contributed by atoms with E-state index in [-0.39, 0.29) is 10.8 Å². The number of amides is 1. The van der Waals surface area contributed by atoms with Crippen LogP contribution in [-0.4, -0.2) is 61.3 Å². The number of carbonyl (C=O) groups excluding carboxylic acids is 1. The van der Waals surface area contributed by atoms with E-state index < -0.39 is 10.0 Å². The van der Waals surface area contributed by atoms with Crippen molar-refractivity contribution in [3.05, 3.63) is 36.0 Å². The number of hydrogen-bond donors (Lipinski definition) is 2. The zero-order chi connectivity index (χ0) is 21.0. The van der Waals surface area contributed by atoms with Crippen LogP contribution in [0.1, 0.15) is 19.5 Å². The van der Waals surface area contributed by atoms with Crippen molar-refractivity contribution in [3.63, 3.8) is 0 Å². The second kappa shape index (κ2) is 8.75. The van der Waals surface area contributed by atoms with Gasteiger partial charge in [0.1, 0.15) is 5.82 Å². The summed E-state index contributed by atoms with van der Waals surface area (Å²) in [5.41, 5.74) is 1.43. The minimum absolute atomic E-state index is 0.200. The molecular formula is C19H26N6O3S. The van der Waals surface area contributed by atoms with Gasteiger partial charge in [-0.2, -0.15) is 9.29 Å². The second-order valence-electron chi connectivity index (χ2n) is 6.82. The number of aromatic nitrogens is 2. The Morgan fingerprint density at radius 1 is 1.10 bits per heavy atom. The van der Waals surface area contributed by atoms with Crippen LogP contribution in [-0.2, 0) is 14.8 Å². The van der Waals surface area contributed by atoms with Crippen molar-refractivity contribution in [2.24, 2.45) is 0 Å². The second-order valence-corrected chi connectivity index (χ2v) is 8.76. The Balaban J connectivity index is 1.69. The predicted molar refractivity (Wildman–Crippen MR) is 113 cm³/mol. The Hall–Kier alpha value is -2.72. The quantitative estimate of drug-likeness (QED) is 0.735. The number of sulfonamides is 1. The summed E-state index contributed by atoms with van der Waals surface area (Å²) in [7, 11) is -3.59. The summed E-state index contributed by atoms with van der Waals surface area (Å²) in [6, 6.07) is 8.13. The van der Waals surface area contributed by atoms with Gasteiger partial charge in [-0.25, -0.2) is 13.4 Å². The monoisotopic (exact) mass is 418 g/mol. The number of piperazine rings is 1. The van der Waals surface area contributed by atoms with Crippen LogP contribution in [0.5, 0.6) is 0 Å². The summed E-state index contributed by atoms with van der Waals surface area (Å²) in [5, 5.41) is 5.75. The zero-order valence-corrected chi connectivity index (χ0v) is 17.7. The SMILES string of the molecule is CCNc1nc(C)cc(N2CCN(S(=O)(=O)c3ccc(NC(C)=O)cc3)CC2)n1. The Morgan fingerprint density at radius 3 is 2.34 bits per heavy atom. The van der Waals surface area contributed by atoms with Gasteiger partial charge in [0.15, 0.2) is 0 Å². The molecule has 1 fully saturated rings. The maximum Gasteiger partial charge on any atom is 0.243 e. The van der Waals surface area contributed by atoms with Gasteiger partial charge in [-0.3, -0.25) is 4.79 Å². The number of carbonyl (C=O) groups is 1. The van der Waals surface area contributed by atoms with Gasteiger partial charge in [0, 0.05) is 57.1 Å². The van der Waals surface area contributed by atoms with Crippen molar-refractivity contribution in [3.8, 4) is 0 Å². The highest BCUT2D eigenvalue weighted by atomic mass is 32.2. The number of aryl methyl sites for hydroxylation is 1. The van der Waals surface area contributed by atoms with Crippen LogP contribution in [0.2, 0.25) is 0 Å². The third-order valence-corrected chi connectivity index (χ3v) is 6.46. The molecule has 2 heterocycles. The average Bonchev–Trinajstić information content (AvgIpc) is 2.68. The third-order valence-electron chi connectivity index (χ3n) is 4.55. The Kier molecular flexibility index (Phi) is 6.33. The fraction of sp³-hybridized carbons (Fsp3) is 0.421. The van der Waals surface area contributed by atoms with Crippen LogP contribution in [0.25, 0.3) is 0 Å². The molecule has 0 unspecified atom stereocenters. The summed E-state index contributed by atoms with van der Waals surface area (Å²) in [6.45, 7) is 7.87. The van der Waals surface area contributed by atoms with Crippen molar-refractivity contribution < 1.29 is 13.2 Å². The zero-order valence-electron chi connectivity index (χ0n) is 16.8. The van der Waals surface area contributed by atoms with E-state index in [4.69, 9.17) is 0 Å². The molecule has 1 aliphatic rings. The van der Waals surface area contributed by atoms with E-state index in [1.54, 1.807) is 12.1 Å². The summed E-state index contributed by atoms with van der Waals surface area (Å²) < 4.78 is 27.4. The normalized spacial score (nSPS) is 15.2. The van der Waals surface area contributed by atoms with Crippen molar-refractivity contribution >= 4 is 33.4 Å².